The molecule has 0 unspecified atom stereocenters. The second-order valence-corrected chi connectivity index (χ2v) is 3.04. The van der Waals surface area contributed by atoms with Crippen LogP contribution < -0.4 is 5.43 Å². The molecule has 0 fully saturated rings. The first-order chi connectivity index (χ1) is 7.65. The Hall–Kier alpha value is -2.24. The number of rotatable bonds is 3. The van der Waals surface area contributed by atoms with Crippen molar-refractivity contribution in [1.82, 2.24) is 10.4 Å². The van der Waals surface area contributed by atoms with Gasteiger partial charge in [-0.2, -0.15) is 5.10 Å². The zero-order chi connectivity index (χ0) is 12.0. The van der Waals surface area contributed by atoms with E-state index >= 15 is 0 Å². The molecule has 6 heteroatoms. The fourth-order valence-corrected chi connectivity index (χ4v) is 0.842. The molecule has 1 aromatic rings. The van der Waals surface area contributed by atoms with Crippen molar-refractivity contribution < 1.29 is 10.0 Å². The summed E-state index contributed by atoms with van der Waals surface area (Å²) in [7, 11) is 0. The summed E-state index contributed by atoms with van der Waals surface area (Å²) in [5.41, 5.74) is 3.34. The van der Waals surface area contributed by atoms with E-state index in [0.29, 0.717) is 11.4 Å². The topological polar surface area (TPSA) is 86.9 Å². The van der Waals surface area contributed by atoms with Gasteiger partial charge in [0.1, 0.15) is 5.69 Å². The summed E-state index contributed by atoms with van der Waals surface area (Å²) < 4.78 is 0. The van der Waals surface area contributed by atoms with Crippen molar-refractivity contribution in [1.29, 1.82) is 0 Å². The number of hydrazone groups is 1. The van der Waals surface area contributed by atoms with Crippen molar-refractivity contribution in [2.24, 2.45) is 10.3 Å². The number of nitrogens with one attached hydrogen (secondary N) is 1. The van der Waals surface area contributed by atoms with Gasteiger partial charge in [-0.1, -0.05) is 11.2 Å². The summed E-state index contributed by atoms with van der Waals surface area (Å²) in [4.78, 5) is 15.3. The van der Waals surface area contributed by atoms with Gasteiger partial charge in [0.05, 0.1) is 11.4 Å². The highest BCUT2D eigenvalue weighted by Gasteiger charge is 2.05. The molecule has 0 bridgehead atoms. The van der Waals surface area contributed by atoms with E-state index in [1.54, 1.807) is 32.0 Å². The Morgan fingerprint density at radius 1 is 1.38 bits per heavy atom. The lowest BCUT2D eigenvalue weighted by Gasteiger charge is -2.00. The van der Waals surface area contributed by atoms with Gasteiger partial charge in [-0.15, -0.1) is 0 Å². The highest BCUT2D eigenvalue weighted by atomic mass is 16.4. The highest BCUT2D eigenvalue weighted by Crippen LogP contribution is 1.92. The van der Waals surface area contributed by atoms with Gasteiger partial charge in [-0.05, 0) is 26.0 Å². The van der Waals surface area contributed by atoms with Gasteiger partial charge in [-0.25, -0.2) is 5.43 Å². The molecular weight excluding hydrogens is 208 g/mol. The SMILES string of the molecule is CC(=N\O)/C(C)=N/NC(=O)c1ccccn1. The van der Waals surface area contributed by atoms with Crippen LogP contribution in [0.15, 0.2) is 34.7 Å². The number of hydrogen-bond acceptors (Lipinski definition) is 5. The van der Waals surface area contributed by atoms with Gasteiger partial charge in [0.25, 0.3) is 5.91 Å². The summed E-state index contributed by atoms with van der Waals surface area (Å²) in [5, 5.41) is 15.2. The molecule has 0 atom stereocenters. The minimum absolute atomic E-state index is 0.276. The molecule has 84 valence electrons. The smallest absolute Gasteiger partial charge is 0.289 e. The van der Waals surface area contributed by atoms with Crippen LogP contribution in [0.3, 0.4) is 0 Å². The molecule has 0 saturated heterocycles. The maximum atomic E-state index is 11.5. The third-order valence-corrected chi connectivity index (χ3v) is 1.90. The lowest BCUT2D eigenvalue weighted by Crippen LogP contribution is -2.21. The number of aromatic nitrogens is 1. The number of oxime groups is 1. The molecule has 0 aliphatic heterocycles. The quantitative estimate of drug-likeness (QED) is 0.453. The van der Waals surface area contributed by atoms with Gasteiger partial charge >= 0.3 is 0 Å². The largest absolute Gasteiger partial charge is 0.411 e. The van der Waals surface area contributed by atoms with Crippen LogP contribution in [0.4, 0.5) is 0 Å². The second kappa shape index (κ2) is 5.59. The van der Waals surface area contributed by atoms with Crippen LogP contribution in [0.5, 0.6) is 0 Å². The summed E-state index contributed by atoms with van der Waals surface area (Å²) in [6.45, 7) is 3.19. The van der Waals surface area contributed by atoms with Crippen LogP contribution in [0, 0.1) is 0 Å². The number of hydrogen-bond donors (Lipinski definition) is 2. The fraction of sp³-hybridized carbons (Fsp3) is 0.200. The summed E-state index contributed by atoms with van der Waals surface area (Å²) in [6, 6.07) is 5.00. The Labute approximate surface area is 92.7 Å². The van der Waals surface area contributed by atoms with Gasteiger partial charge < -0.3 is 5.21 Å². The first-order valence-corrected chi connectivity index (χ1v) is 4.60. The number of carbonyl (C=O) groups is 1. The molecule has 16 heavy (non-hydrogen) atoms. The van der Waals surface area contributed by atoms with Crippen molar-refractivity contribution in [3.63, 3.8) is 0 Å². The fourth-order valence-electron chi connectivity index (χ4n) is 0.842. The maximum Gasteiger partial charge on any atom is 0.289 e. The Balaban J connectivity index is 2.67. The molecule has 1 rings (SSSR count). The predicted molar refractivity (Wildman–Crippen MR) is 59.7 cm³/mol. The molecular formula is C10H12N4O2. The minimum atomic E-state index is -0.411. The molecule has 0 spiro atoms. The maximum absolute atomic E-state index is 11.5. The van der Waals surface area contributed by atoms with Crippen molar-refractivity contribution in [3.8, 4) is 0 Å². The highest BCUT2D eigenvalue weighted by molar-refractivity contribution is 6.40. The monoisotopic (exact) mass is 220 g/mol. The third-order valence-electron chi connectivity index (χ3n) is 1.90. The first kappa shape index (κ1) is 11.8. The van der Waals surface area contributed by atoms with Crippen LogP contribution in [-0.4, -0.2) is 27.5 Å². The molecule has 2 N–H and O–H groups in total. The Kier molecular flexibility index (Phi) is 4.14. The molecule has 0 aromatic carbocycles. The first-order valence-electron chi connectivity index (χ1n) is 4.60. The lowest BCUT2D eigenvalue weighted by molar-refractivity contribution is 0.0950. The molecule has 1 aromatic heterocycles. The van der Waals surface area contributed by atoms with Gasteiger partial charge in [-0.3, -0.25) is 9.78 Å². The van der Waals surface area contributed by atoms with Crippen molar-refractivity contribution in [2.45, 2.75) is 13.8 Å². The van der Waals surface area contributed by atoms with E-state index in [9.17, 15) is 4.79 Å². The van der Waals surface area contributed by atoms with Crippen molar-refractivity contribution in [3.05, 3.63) is 30.1 Å². The molecule has 0 aliphatic rings. The van der Waals surface area contributed by atoms with E-state index in [-0.39, 0.29) is 5.69 Å². The van der Waals surface area contributed by atoms with Gasteiger partial charge in [0.2, 0.25) is 0 Å². The van der Waals surface area contributed by atoms with E-state index in [1.807, 2.05) is 0 Å². The van der Waals surface area contributed by atoms with Crippen molar-refractivity contribution in [2.75, 3.05) is 0 Å². The van der Waals surface area contributed by atoms with Crippen LogP contribution in [0.2, 0.25) is 0 Å². The van der Waals surface area contributed by atoms with Crippen LogP contribution in [0.1, 0.15) is 24.3 Å². The number of pyridine rings is 1. The van der Waals surface area contributed by atoms with Crippen LogP contribution in [0.25, 0.3) is 0 Å². The van der Waals surface area contributed by atoms with E-state index in [0.717, 1.165) is 0 Å². The lowest BCUT2D eigenvalue weighted by atomic mass is 10.3. The minimum Gasteiger partial charge on any atom is -0.411 e. The third kappa shape index (κ3) is 3.16. The summed E-state index contributed by atoms with van der Waals surface area (Å²) in [6.07, 6.45) is 1.52. The van der Waals surface area contributed by atoms with Crippen molar-refractivity contribution >= 4 is 17.3 Å². The zero-order valence-electron chi connectivity index (χ0n) is 9.01. The van der Waals surface area contributed by atoms with Crippen LogP contribution in [-0.2, 0) is 0 Å². The van der Waals surface area contributed by atoms with E-state index in [2.05, 4.69) is 20.7 Å². The summed E-state index contributed by atoms with van der Waals surface area (Å²) >= 11 is 0. The van der Waals surface area contributed by atoms with Gasteiger partial charge in [0, 0.05) is 6.20 Å². The predicted octanol–water partition coefficient (Wildman–Crippen LogP) is 1.04. The zero-order valence-corrected chi connectivity index (χ0v) is 9.01. The number of amides is 1. The average molecular weight is 220 g/mol. The molecule has 0 radical (unpaired) electrons. The average Bonchev–Trinajstić information content (AvgIpc) is 2.35. The number of carbonyl (C=O) groups excluding carboxylic acids is 1. The Bertz CT molecular complexity index is 426. The normalized spacial score (nSPS) is 12.4. The molecule has 1 heterocycles. The van der Waals surface area contributed by atoms with Gasteiger partial charge in [0.15, 0.2) is 0 Å². The number of nitrogens with zero attached hydrogens (tertiary/aromatic N) is 3. The van der Waals surface area contributed by atoms with E-state index < -0.39 is 5.91 Å². The van der Waals surface area contributed by atoms with E-state index in [1.165, 1.54) is 6.20 Å². The molecule has 6 nitrogen and oxygen atoms in total. The summed E-state index contributed by atoms with van der Waals surface area (Å²) in [5.74, 6) is -0.411. The van der Waals surface area contributed by atoms with E-state index in [4.69, 9.17) is 5.21 Å². The van der Waals surface area contributed by atoms with Crippen LogP contribution >= 0.6 is 0 Å². The Morgan fingerprint density at radius 2 is 2.12 bits per heavy atom. The Morgan fingerprint density at radius 3 is 2.69 bits per heavy atom. The molecule has 1 amide bonds. The second-order valence-electron chi connectivity index (χ2n) is 3.04. The molecule has 0 saturated carbocycles. The standard InChI is InChI=1S/C10H12N4O2/c1-7(8(2)14-16)12-13-10(15)9-5-3-4-6-11-9/h3-6,16H,1-2H3,(H,13,15)/b12-7+,14-8+. The molecule has 0 aliphatic carbocycles.